The van der Waals surface area contributed by atoms with Gasteiger partial charge in [-0.2, -0.15) is 0 Å². The number of hydrogen-bond acceptors (Lipinski definition) is 0. The molecule has 0 amide bonds. The van der Waals surface area contributed by atoms with Crippen molar-refractivity contribution in [2.24, 2.45) is 11.8 Å². The Kier molecular flexibility index (Phi) is 15.2. The molecule has 0 radical (unpaired) electrons. The molecule has 0 aliphatic heterocycles. The Morgan fingerprint density at radius 3 is 1.87 bits per heavy atom. The smallest absolute Gasteiger partial charge is 0.227 e. The molecule has 0 nitrogen and oxygen atoms in total. The zero-order chi connectivity index (χ0) is 26.3. The molecule has 6 rings (SSSR count). The topological polar surface area (TPSA) is 0 Å². The van der Waals surface area contributed by atoms with Gasteiger partial charge in [-0.25, -0.2) is 35.3 Å². The predicted octanol–water partition coefficient (Wildman–Crippen LogP) is 10.1. The Balaban J connectivity index is 0.000000186. The van der Waals surface area contributed by atoms with E-state index in [1.54, 1.807) is 23.3 Å². The van der Waals surface area contributed by atoms with Gasteiger partial charge in [-0.05, 0) is 44.6 Å². The van der Waals surface area contributed by atoms with Gasteiger partial charge in [0.05, 0.1) is 0 Å². The summed E-state index contributed by atoms with van der Waals surface area (Å²) >= 11 is 0. The van der Waals surface area contributed by atoms with Gasteiger partial charge in [0.1, 0.15) is 0 Å². The Labute approximate surface area is 253 Å². The summed E-state index contributed by atoms with van der Waals surface area (Å²) in [7, 11) is -0.503. The van der Waals surface area contributed by atoms with Crippen LogP contribution in [0.3, 0.4) is 0 Å². The van der Waals surface area contributed by atoms with Crippen molar-refractivity contribution in [2.75, 3.05) is 0 Å². The Bertz CT molecular complexity index is 1030. The first-order valence-electron chi connectivity index (χ1n) is 13.9. The van der Waals surface area contributed by atoms with Gasteiger partial charge in [0, 0.05) is 0 Å². The minimum absolute atomic E-state index is 0. The van der Waals surface area contributed by atoms with Crippen LogP contribution in [0.4, 0.5) is 0 Å². The van der Waals surface area contributed by atoms with E-state index >= 15 is 0 Å². The van der Waals surface area contributed by atoms with Crippen LogP contribution in [0.15, 0.2) is 134 Å². The molecule has 2 aromatic carbocycles. The van der Waals surface area contributed by atoms with E-state index in [9.17, 15) is 0 Å². The first kappa shape index (κ1) is 31.9. The van der Waals surface area contributed by atoms with Gasteiger partial charge >= 0.3 is 26.2 Å². The maximum Gasteiger partial charge on any atom is 2.00 e. The Hall–Kier alpha value is -2.28. The first-order chi connectivity index (χ1) is 18.1. The summed E-state index contributed by atoms with van der Waals surface area (Å²) in [6.07, 6.45) is 27.4. The molecular weight excluding hydrogens is 552 g/mol. The van der Waals surface area contributed by atoms with Crippen LogP contribution >= 0.6 is 0 Å². The monoisotopic (exact) mass is 594 g/mol. The molecule has 2 atom stereocenters. The van der Waals surface area contributed by atoms with Crippen molar-refractivity contribution < 1.29 is 26.2 Å². The minimum atomic E-state index is -0.503. The zero-order valence-electron chi connectivity index (χ0n) is 23.4. The number of allylic oxidation sites excluding steroid dienone is 10. The van der Waals surface area contributed by atoms with Gasteiger partial charge in [-0.3, -0.25) is 0 Å². The maximum atomic E-state index is 3.36. The summed E-state index contributed by atoms with van der Waals surface area (Å²) in [5, 5.41) is 0. The van der Waals surface area contributed by atoms with Gasteiger partial charge in [-0.15, -0.1) is 30.7 Å². The van der Waals surface area contributed by atoms with E-state index < -0.39 is 8.80 Å². The van der Waals surface area contributed by atoms with Gasteiger partial charge in [0.15, 0.2) is 0 Å². The van der Waals surface area contributed by atoms with Crippen molar-refractivity contribution >= 4 is 8.80 Å². The van der Waals surface area contributed by atoms with Crippen molar-refractivity contribution in [3.05, 3.63) is 146 Å². The normalized spacial score (nSPS) is 19.7. The molecule has 4 aliphatic rings. The molecule has 0 N–H and O–H groups in total. The molecule has 196 valence electrons. The number of benzene rings is 2. The SMILES string of the molecule is C1=CCC2CC[CH-]C2=C1.C=CC=C.C[SiH](C)[C-]1CCC2CC=CC=C12.[Zr+2].c1ccc(-c2ccccc2)cc1. The van der Waals surface area contributed by atoms with Crippen molar-refractivity contribution in [3.63, 3.8) is 0 Å². The predicted molar refractivity (Wildman–Crippen MR) is 168 cm³/mol. The van der Waals surface area contributed by atoms with Crippen molar-refractivity contribution in [1.29, 1.82) is 0 Å². The van der Waals surface area contributed by atoms with Crippen molar-refractivity contribution in [2.45, 2.75) is 51.6 Å². The fourth-order valence-corrected chi connectivity index (χ4v) is 7.08. The fourth-order valence-electron chi connectivity index (χ4n) is 5.34. The third-order valence-corrected chi connectivity index (χ3v) is 9.38. The minimum Gasteiger partial charge on any atom is -0.227 e. The molecular formula is C36H44SiZr. The van der Waals surface area contributed by atoms with Crippen LogP contribution in [0.5, 0.6) is 0 Å². The summed E-state index contributed by atoms with van der Waals surface area (Å²) in [6.45, 7) is 11.6. The molecule has 2 aromatic rings. The molecule has 0 aromatic heterocycles. The molecule has 2 fully saturated rings. The molecule has 2 heteroatoms. The van der Waals surface area contributed by atoms with E-state index in [4.69, 9.17) is 0 Å². The molecule has 0 saturated heterocycles. The third-order valence-electron chi connectivity index (χ3n) is 7.36. The van der Waals surface area contributed by atoms with Gasteiger partial charge in [-0.1, -0.05) is 118 Å². The standard InChI is InChI=1S/C12H10.C11H17Si.C9H11.C4H6.Zr/c1-3-7-11(8-4-1)12-9-5-2-6-10-12;1-12(2)11-8-7-9-5-3-4-6-10(9)11;1-2-5-9-7-3-6-8(9)4-1;1-3-4-2;/h1-10H;3-4,6,9,12H,5,7-8H2,1-2H3;1-2,4,6,9H,3,5,7H2;3-4H,1-2H2;/q;2*-1;;+2. The third kappa shape index (κ3) is 10.1. The maximum absolute atomic E-state index is 3.36. The second kappa shape index (κ2) is 18.1. The largest absolute Gasteiger partial charge is 2.00 e. The van der Waals surface area contributed by atoms with Crippen LogP contribution in [0.25, 0.3) is 11.1 Å². The van der Waals surface area contributed by atoms with Crippen LogP contribution in [-0.4, -0.2) is 8.80 Å². The Morgan fingerprint density at radius 1 is 0.789 bits per heavy atom. The number of rotatable bonds is 3. The summed E-state index contributed by atoms with van der Waals surface area (Å²) in [5.74, 6) is 1.79. The van der Waals surface area contributed by atoms with Crippen LogP contribution in [0.2, 0.25) is 13.1 Å². The average molecular weight is 596 g/mol. The van der Waals surface area contributed by atoms with Crippen LogP contribution in [0.1, 0.15) is 38.5 Å². The summed E-state index contributed by atoms with van der Waals surface area (Å²) in [5.41, 5.74) is 7.71. The van der Waals surface area contributed by atoms with Gasteiger partial charge in [0.2, 0.25) is 0 Å². The van der Waals surface area contributed by atoms with E-state index in [0.717, 1.165) is 11.8 Å². The first-order valence-corrected chi connectivity index (χ1v) is 16.8. The van der Waals surface area contributed by atoms with Crippen molar-refractivity contribution in [3.8, 4) is 11.1 Å². The second-order valence-corrected chi connectivity index (χ2v) is 13.2. The molecule has 0 bridgehead atoms. The number of hydrogen-bond donors (Lipinski definition) is 0. The zero-order valence-corrected chi connectivity index (χ0v) is 27.0. The van der Waals surface area contributed by atoms with E-state index in [0.29, 0.717) is 0 Å². The van der Waals surface area contributed by atoms with Crippen LogP contribution < -0.4 is 0 Å². The van der Waals surface area contributed by atoms with E-state index in [1.165, 1.54) is 49.7 Å². The summed E-state index contributed by atoms with van der Waals surface area (Å²) in [6, 6.07) is 20.8. The van der Waals surface area contributed by atoms with Crippen LogP contribution in [0, 0.1) is 23.8 Å². The quantitative estimate of drug-likeness (QED) is 0.188. The average Bonchev–Trinajstić information content (AvgIpc) is 3.62. The van der Waals surface area contributed by atoms with Gasteiger partial charge < -0.3 is 0 Å². The molecule has 2 saturated carbocycles. The summed E-state index contributed by atoms with van der Waals surface area (Å²) < 4.78 is 0. The molecule has 2 unspecified atom stereocenters. The molecule has 0 heterocycles. The number of fused-ring (bicyclic) bond motifs is 2. The van der Waals surface area contributed by atoms with E-state index in [-0.39, 0.29) is 26.2 Å². The summed E-state index contributed by atoms with van der Waals surface area (Å²) in [4.78, 5) is 0. The molecule has 4 aliphatic carbocycles. The van der Waals surface area contributed by atoms with Crippen LogP contribution in [-0.2, 0) is 26.2 Å². The second-order valence-electron chi connectivity index (χ2n) is 10.2. The van der Waals surface area contributed by atoms with Crippen molar-refractivity contribution in [1.82, 2.24) is 0 Å². The van der Waals surface area contributed by atoms with E-state index in [1.807, 2.05) is 17.7 Å². The van der Waals surface area contributed by atoms with E-state index in [2.05, 4.69) is 118 Å². The molecule has 0 spiro atoms. The van der Waals surface area contributed by atoms with Gasteiger partial charge in [0.25, 0.3) is 0 Å². The fraction of sp³-hybridized carbons (Fsp3) is 0.278. The molecule has 38 heavy (non-hydrogen) atoms. The Morgan fingerprint density at radius 2 is 1.34 bits per heavy atom.